The second-order valence-electron chi connectivity index (χ2n) is 8.54. The van der Waals surface area contributed by atoms with E-state index < -0.39 is 24.2 Å². The number of thiocarbonyl (C=S) groups is 1. The SMILES string of the molecule is Cc1ccc([C@@H]2C[C@H](C(F)(F)F)n3nc(C(=O)NNC(=S)Nc4ccccc4C)cc3N2)cc1C. The van der Waals surface area contributed by atoms with Crippen LogP contribution in [0, 0.1) is 20.8 Å². The molecule has 4 N–H and O–H groups in total. The maximum absolute atomic E-state index is 13.9. The minimum atomic E-state index is -4.54. The number of para-hydroxylation sites is 1. The lowest BCUT2D eigenvalue weighted by atomic mass is 9.94. The first-order valence-corrected chi connectivity index (χ1v) is 11.4. The van der Waals surface area contributed by atoms with Crippen LogP contribution >= 0.6 is 12.2 Å². The molecule has 0 saturated carbocycles. The molecule has 0 saturated heterocycles. The van der Waals surface area contributed by atoms with Gasteiger partial charge in [-0.3, -0.25) is 15.6 Å². The molecule has 0 spiro atoms. The number of alkyl halides is 3. The van der Waals surface area contributed by atoms with Crippen LogP contribution in [0.25, 0.3) is 0 Å². The molecule has 1 amide bonds. The maximum Gasteiger partial charge on any atom is 0.410 e. The predicted octanol–water partition coefficient (Wildman–Crippen LogP) is 5.10. The van der Waals surface area contributed by atoms with E-state index in [9.17, 15) is 18.0 Å². The summed E-state index contributed by atoms with van der Waals surface area (Å²) in [5.41, 5.74) is 9.27. The molecular weight excluding hydrogens is 477 g/mol. The summed E-state index contributed by atoms with van der Waals surface area (Å²) >= 11 is 5.18. The van der Waals surface area contributed by atoms with E-state index in [0.717, 1.165) is 32.6 Å². The zero-order chi connectivity index (χ0) is 25.3. The quantitative estimate of drug-likeness (QED) is 0.295. The van der Waals surface area contributed by atoms with E-state index in [1.165, 1.54) is 6.07 Å². The van der Waals surface area contributed by atoms with Crippen LogP contribution in [-0.4, -0.2) is 27.0 Å². The number of carbonyl (C=O) groups is 1. The molecule has 11 heteroatoms. The van der Waals surface area contributed by atoms with Crippen molar-refractivity contribution in [1.29, 1.82) is 0 Å². The number of aryl methyl sites for hydroxylation is 3. The third kappa shape index (κ3) is 5.40. The third-order valence-electron chi connectivity index (χ3n) is 6.04. The van der Waals surface area contributed by atoms with E-state index >= 15 is 0 Å². The number of fused-ring (bicyclic) bond motifs is 1. The minimum absolute atomic E-state index is 0.118. The van der Waals surface area contributed by atoms with Gasteiger partial charge in [-0.05, 0) is 61.3 Å². The van der Waals surface area contributed by atoms with Gasteiger partial charge in [0.25, 0.3) is 5.91 Å². The molecule has 0 radical (unpaired) electrons. The smallest absolute Gasteiger partial charge is 0.363 e. The van der Waals surface area contributed by atoms with Gasteiger partial charge in [0.1, 0.15) is 5.82 Å². The number of anilines is 2. The Balaban J connectivity index is 1.50. The van der Waals surface area contributed by atoms with Crippen LogP contribution in [0.15, 0.2) is 48.5 Å². The van der Waals surface area contributed by atoms with Crippen molar-refractivity contribution in [3.8, 4) is 0 Å². The number of benzene rings is 2. The molecule has 0 aliphatic carbocycles. The fraction of sp³-hybridized carbons (Fsp3) is 0.292. The highest BCUT2D eigenvalue weighted by molar-refractivity contribution is 7.80. The Labute approximate surface area is 206 Å². The molecule has 3 aromatic rings. The highest BCUT2D eigenvalue weighted by atomic mass is 32.1. The lowest BCUT2D eigenvalue weighted by Crippen LogP contribution is -2.44. The highest BCUT2D eigenvalue weighted by Crippen LogP contribution is 2.43. The van der Waals surface area contributed by atoms with E-state index in [4.69, 9.17) is 12.2 Å². The van der Waals surface area contributed by atoms with Crippen LogP contribution < -0.4 is 21.5 Å². The summed E-state index contributed by atoms with van der Waals surface area (Å²) in [6.45, 7) is 5.76. The van der Waals surface area contributed by atoms with Gasteiger partial charge in [0, 0.05) is 18.2 Å². The van der Waals surface area contributed by atoms with Crippen molar-refractivity contribution < 1.29 is 18.0 Å². The largest absolute Gasteiger partial charge is 0.410 e. The lowest BCUT2D eigenvalue weighted by Gasteiger charge is -2.33. The van der Waals surface area contributed by atoms with Crippen LogP contribution in [0.1, 0.15) is 51.2 Å². The average Bonchev–Trinajstić information content (AvgIpc) is 3.24. The Kier molecular flexibility index (Phi) is 6.70. The van der Waals surface area contributed by atoms with Crippen LogP contribution in [0.4, 0.5) is 24.7 Å². The molecule has 1 aliphatic rings. The van der Waals surface area contributed by atoms with Crippen molar-refractivity contribution in [2.24, 2.45) is 0 Å². The summed E-state index contributed by atoms with van der Waals surface area (Å²) in [7, 11) is 0. The molecule has 35 heavy (non-hydrogen) atoms. The van der Waals surface area contributed by atoms with Crippen molar-refractivity contribution in [1.82, 2.24) is 20.6 Å². The number of amides is 1. The highest BCUT2D eigenvalue weighted by Gasteiger charge is 2.46. The minimum Gasteiger partial charge on any atom is -0.363 e. The normalized spacial score (nSPS) is 17.2. The van der Waals surface area contributed by atoms with Gasteiger partial charge in [-0.2, -0.15) is 18.3 Å². The third-order valence-corrected chi connectivity index (χ3v) is 6.24. The lowest BCUT2D eigenvalue weighted by molar-refractivity contribution is -0.173. The molecule has 2 heterocycles. The van der Waals surface area contributed by atoms with Gasteiger partial charge >= 0.3 is 6.18 Å². The van der Waals surface area contributed by atoms with Gasteiger partial charge < -0.3 is 10.6 Å². The predicted molar refractivity (Wildman–Crippen MR) is 132 cm³/mol. The summed E-state index contributed by atoms with van der Waals surface area (Å²) in [4.78, 5) is 12.6. The molecule has 2 atom stereocenters. The number of hydrazine groups is 1. The van der Waals surface area contributed by atoms with E-state index in [1.807, 2.05) is 63.2 Å². The van der Waals surface area contributed by atoms with E-state index in [-0.39, 0.29) is 23.0 Å². The molecule has 1 aliphatic heterocycles. The van der Waals surface area contributed by atoms with Gasteiger partial charge in [-0.15, -0.1) is 0 Å². The molecule has 7 nitrogen and oxygen atoms in total. The molecule has 0 bridgehead atoms. The summed E-state index contributed by atoms with van der Waals surface area (Å²) in [6, 6.07) is 11.9. The molecule has 1 aromatic heterocycles. The fourth-order valence-corrected chi connectivity index (χ4v) is 4.09. The molecule has 184 valence electrons. The van der Waals surface area contributed by atoms with E-state index in [0.29, 0.717) is 0 Å². The molecule has 0 fully saturated rings. The van der Waals surface area contributed by atoms with Crippen LogP contribution in [0.5, 0.6) is 0 Å². The Morgan fingerprint density at radius 2 is 1.80 bits per heavy atom. The Bertz CT molecular complexity index is 1270. The van der Waals surface area contributed by atoms with E-state index in [2.05, 4.69) is 26.6 Å². The summed E-state index contributed by atoms with van der Waals surface area (Å²) in [5, 5.41) is 10.1. The molecule has 2 aromatic carbocycles. The van der Waals surface area contributed by atoms with E-state index in [1.54, 1.807) is 0 Å². The molecular formula is C24H25F3N6OS. The van der Waals surface area contributed by atoms with Crippen molar-refractivity contribution in [2.45, 2.75) is 45.5 Å². The standard InChI is InChI=1S/C24H25F3N6OS/c1-13-8-9-16(10-15(13)3)18-11-20(24(25,26)27)33-21(28-18)12-19(32-33)22(34)30-31-23(35)29-17-7-5-4-6-14(17)2/h4-10,12,18,20,28H,11H2,1-3H3,(H,30,34)(H2,29,31,35)/t18-,20+/m0/s1. The van der Waals surface area contributed by atoms with Crippen molar-refractivity contribution in [3.05, 3.63) is 76.5 Å². The first-order chi connectivity index (χ1) is 16.5. The molecule has 4 rings (SSSR count). The monoisotopic (exact) mass is 502 g/mol. The number of rotatable bonds is 3. The Morgan fingerprint density at radius 1 is 1.06 bits per heavy atom. The number of nitrogens with one attached hydrogen (secondary N) is 4. The van der Waals surface area contributed by atoms with Gasteiger partial charge in [0.2, 0.25) is 0 Å². The van der Waals surface area contributed by atoms with Crippen LogP contribution in [0.2, 0.25) is 0 Å². The zero-order valence-corrected chi connectivity index (χ0v) is 20.1. The number of nitrogens with zero attached hydrogens (tertiary/aromatic N) is 2. The number of hydrogen-bond donors (Lipinski definition) is 4. The molecule has 0 unspecified atom stereocenters. The van der Waals surface area contributed by atoms with Gasteiger partial charge in [0.05, 0.1) is 6.04 Å². The second kappa shape index (κ2) is 9.57. The average molecular weight is 503 g/mol. The van der Waals surface area contributed by atoms with Crippen molar-refractivity contribution in [3.63, 3.8) is 0 Å². The number of aromatic nitrogens is 2. The summed E-state index contributed by atoms with van der Waals surface area (Å²) < 4.78 is 42.6. The van der Waals surface area contributed by atoms with Crippen molar-refractivity contribution in [2.75, 3.05) is 10.6 Å². The number of carbonyl (C=O) groups excluding carboxylic acids is 1. The fourth-order valence-electron chi connectivity index (χ4n) is 3.93. The number of halogens is 3. The summed E-state index contributed by atoms with van der Waals surface area (Å²) in [5.74, 6) is -0.598. The Morgan fingerprint density at radius 3 is 2.49 bits per heavy atom. The van der Waals surface area contributed by atoms with Crippen molar-refractivity contribution >= 4 is 34.7 Å². The van der Waals surface area contributed by atoms with Gasteiger partial charge in [0.15, 0.2) is 16.8 Å². The Hall–Kier alpha value is -3.60. The summed E-state index contributed by atoms with van der Waals surface area (Å²) in [6.07, 6.45) is -4.78. The first kappa shape index (κ1) is 24.5. The zero-order valence-electron chi connectivity index (χ0n) is 19.3. The van der Waals surface area contributed by atoms with Gasteiger partial charge in [-0.25, -0.2) is 4.68 Å². The second-order valence-corrected chi connectivity index (χ2v) is 8.95. The number of hydrogen-bond acceptors (Lipinski definition) is 4. The van der Waals surface area contributed by atoms with Gasteiger partial charge in [-0.1, -0.05) is 36.4 Å². The topological polar surface area (TPSA) is 83.0 Å². The first-order valence-electron chi connectivity index (χ1n) is 11.0. The van der Waals surface area contributed by atoms with Crippen LogP contribution in [-0.2, 0) is 0 Å². The van der Waals surface area contributed by atoms with Crippen LogP contribution in [0.3, 0.4) is 0 Å². The maximum atomic E-state index is 13.9.